The zero-order valence-corrected chi connectivity index (χ0v) is 12.8. The van der Waals surface area contributed by atoms with Crippen molar-refractivity contribution < 1.29 is 14.9 Å². The summed E-state index contributed by atoms with van der Waals surface area (Å²) < 4.78 is 6.73. The Bertz CT molecular complexity index is 570. The van der Waals surface area contributed by atoms with Crippen LogP contribution in [0, 0.1) is 0 Å². The zero-order chi connectivity index (χ0) is 14.7. The molecule has 2 heterocycles. The summed E-state index contributed by atoms with van der Waals surface area (Å²) in [6.45, 7) is 1.74. The van der Waals surface area contributed by atoms with E-state index in [9.17, 15) is 14.7 Å². The van der Waals surface area contributed by atoms with Crippen LogP contribution in [0.25, 0.3) is 0 Å². The number of aromatic nitrogens is 2. The van der Waals surface area contributed by atoms with E-state index in [1.54, 1.807) is 0 Å². The van der Waals surface area contributed by atoms with Gasteiger partial charge in [0.1, 0.15) is 0 Å². The molecular formula is C12H18N2O5Se. The predicted molar refractivity (Wildman–Crippen MR) is 72.9 cm³/mol. The van der Waals surface area contributed by atoms with Crippen LogP contribution in [0.15, 0.2) is 15.8 Å². The van der Waals surface area contributed by atoms with Gasteiger partial charge in [-0.05, 0) is 0 Å². The van der Waals surface area contributed by atoms with E-state index in [4.69, 9.17) is 9.84 Å². The fourth-order valence-corrected chi connectivity index (χ4v) is 3.43. The summed E-state index contributed by atoms with van der Waals surface area (Å²) in [6, 6.07) is 0. The molecule has 7 nitrogen and oxygen atoms in total. The SMILES string of the molecule is CC[Se]Cc1cn([C@H]2CC(O)[C@@H](CO)O2)c(=O)[nH]c1=O. The third-order valence-corrected chi connectivity index (χ3v) is 5.13. The second-order valence-corrected chi connectivity index (χ2v) is 7.25. The van der Waals surface area contributed by atoms with Gasteiger partial charge in [0, 0.05) is 0 Å². The number of nitrogens with zero attached hydrogens (tertiary/aromatic N) is 1. The van der Waals surface area contributed by atoms with Crippen molar-refractivity contribution in [1.82, 2.24) is 9.55 Å². The first-order valence-electron chi connectivity index (χ1n) is 6.43. The van der Waals surface area contributed by atoms with E-state index in [0.29, 0.717) is 25.8 Å². The maximum absolute atomic E-state index is 11.8. The number of aliphatic hydroxyl groups is 2. The van der Waals surface area contributed by atoms with Gasteiger partial charge in [-0.25, -0.2) is 0 Å². The molecule has 1 aromatic heterocycles. The number of ether oxygens (including phenoxy) is 1. The summed E-state index contributed by atoms with van der Waals surface area (Å²) in [5.41, 5.74) is -0.366. The first kappa shape index (κ1) is 15.5. The summed E-state index contributed by atoms with van der Waals surface area (Å²) in [7, 11) is 0. The molecule has 1 aliphatic heterocycles. The Kier molecular flexibility index (Phi) is 5.17. The van der Waals surface area contributed by atoms with Crippen molar-refractivity contribution in [3.05, 3.63) is 32.6 Å². The maximum atomic E-state index is 11.8. The quantitative estimate of drug-likeness (QED) is 0.581. The van der Waals surface area contributed by atoms with Crippen LogP contribution in [0.3, 0.4) is 0 Å². The number of hydrogen-bond acceptors (Lipinski definition) is 5. The van der Waals surface area contributed by atoms with E-state index >= 15 is 0 Å². The van der Waals surface area contributed by atoms with Crippen LogP contribution in [0.2, 0.25) is 5.32 Å². The van der Waals surface area contributed by atoms with Gasteiger partial charge in [-0.3, -0.25) is 0 Å². The van der Waals surface area contributed by atoms with Gasteiger partial charge in [0.05, 0.1) is 0 Å². The molecule has 0 aromatic carbocycles. The van der Waals surface area contributed by atoms with E-state index in [1.165, 1.54) is 10.8 Å². The molecule has 3 N–H and O–H groups in total. The Morgan fingerprint density at radius 2 is 2.30 bits per heavy atom. The van der Waals surface area contributed by atoms with Crippen molar-refractivity contribution in [2.75, 3.05) is 6.61 Å². The zero-order valence-electron chi connectivity index (χ0n) is 11.1. The molecule has 0 bridgehead atoms. The molecule has 112 valence electrons. The van der Waals surface area contributed by atoms with Crippen molar-refractivity contribution in [3.8, 4) is 0 Å². The topological polar surface area (TPSA) is 105 Å². The summed E-state index contributed by atoms with van der Waals surface area (Å²) >= 11 is 0.318. The Labute approximate surface area is 121 Å². The van der Waals surface area contributed by atoms with Gasteiger partial charge in [-0.15, -0.1) is 0 Å². The van der Waals surface area contributed by atoms with Crippen molar-refractivity contribution in [2.45, 2.75) is 42.4 Å². The van der Waals surface area contributed by atoms with Gasteiger partial charge < -0.3 is 0 Å². The summed E-state index contributed by atoms with van der Waals surface area (Å²) in [5.74, 6) is 0. The van der Waals surface area contributed by atoms with E-state index in [2.05, 4.69) is 4.98 Å². The minimum atomic E-state index is -0.813. The molecule has 1 saturated heterocycles. The molecule has 20 heavy (non-hydrogen) atoms. The summed E-state index contributed by atoms with van der Waals surface area (Å²) in [6.07, 6.45) is -0.431. The number of nitrogens with one attached hydrogen (secondary N) is 1. The molecule has 3 atom stereocenters. The van der Waals surface area contributed by atoms with Crippen molar-refractivity contribution in [2.24, 2.45) is 0 Å². The van der Waals surface area contributed by atoms with Gasteiger partial charge in [-0.1, -0.05) is 0 Å². The molecule has 1 unspecified atom stereocenters. The number of H-pyrrole nitrogens is 1. The van der Waals surface area contributed by atoms with Crippen LogP contribution < -0.4 is 11.2 Å². The standard InChI is InChI=1S/C12H18N2O5Se/c1-2-20-6-7-4-14(12(18)13-11(7)17)10-3-8(16)9(5-15)19-10/h4,8-10,15-16H,2-3,5-6H2,1H3,(H,13,17,18)/t8?,9-,10-/m1/s1. The normalized spacial score (nSPS) is 26.1. The molecule has 0 amide bonds. The molecule has 1 fully saturated rings. The predicted octanol–water partition coefficient (Wildman–Crippen LogP) is -1.18. The Balaban J connectivity index is 2.28. The van der Waals surface area contributed by atoms with Gasteiger partial charge >= 0.3 is 121 Å². The Morgan fingerprint density at radius 1 is 1.55 bits per heavy atom. The third kappa shape index (κ3) is 3.21. The first-order chi connectivity index (χ1) is 9.56. The molecule has 0 saturated carbocycles. The van der Waals surface area contributed by atoms with Gasteiger partial charge in [0.25, 0.3) is 0 Å². The number of aromatic amines is 1. The van der Waals surface area contributed by atoms with Crippen molar-refractivity contribution >= 4 is 15.0 Å². The fourth-order valence-electron chi connectivity index (χ4n) is 2.11. The van der Waals surface area contributed by atoms with Gasteiger partial charge in [0.2, 0.25) is 0 Å². The molecule has 2 rings (SSSR count). The molecule has 0 radical (unpaired) electrons. The average Bonchev–Trinajstić information content (AvgIpc) is 2.79. The van der Waals surface area contributed by atoms with Gasteiger partial charge in [0.15, 0.2) is 0 Å². The van der Waals surface area contributed by atoms with E-state index in [-0.39, 0.29) is 18.6 Å². The second-order valence-electron chi connectivity index (χ2n) is 4.57. The third-order valence-electron chi connectivity index (χ3n) is 3.20. The number of hydrogen-bond donors (Lipinski definition) is 3. The van der Waals surface area contributed by atoms with E-state index < -0.39 is 24.1 Å². The second kappa shape index (κ2) is 6.69. The monoisotopic (exact) mass is 350 g/mol. The number of aliphatic hydroxyl groups excluding tert-OH is 2. The molecule has 0 aliphatic carbocycles. The summed E-state index contributed by atoms with van der Waals surface area (Å²) in [4.78, 5) is 25.8. The Morgan fingerprint density at radius 3 is 2.90 bits per heavy atom. The van der Waals surface area contributed by atoms with Crippen molar-refractivity contribution in [3.63, 3.8) is 0 Å². The molecule has 1 aliphatic rings. The van der Waals surface area contributed by atoms with Gasteiger partial charge in [-0.2, -0.15) is 0 Å². The van der Waals surface area contributed by atoms with Crippen LogP contribution in [0.1, 0.15) is 25.1 Å². The van der Waals surface area contributed by atoms with E-state index in [1.807, 2.05) is 6.92 Å². The Hall–Kier alpha value is -0.921. The van der Waals surface area contributed by atoms with Crippen molar-refractivity contribution in [1.29, 1.82) is 0 Å². The van der Waals surface area contributed by atoms with Crippen LogP contribution >= 0.6 is 0 Å². The van der Waals surface area contributed by atoms with E-state index in [0.717, 1.165) is 5.32 Å². The molecule has 8 heteroatoms. The average molecular weight is 349 g/mol. The number of rotatable bonds is 5. The molecule has 0 spiro atoms. The first-order valence-corrected chi connectivity index (χ1v) is 8.85. The van der Waals surface area contributed by atoms with Crippen LogP contribution in [-0.2, 0) is 10.1 Å². The fraction of sp³-hybridized carbons (Fsp3) is 0.667. The van der Waals surface area contributed by atoms with Crippen LogP contribution in [0.4, 0.5) is 0 Å². The van der Waals surface area contributed by atoms with Crippen LogP contribution in [0.5, 0.6) is 0 Å². The summed E-state index contributed by atoms with van der Waals surface area (Å²) in [5, 5.41) is 20.4. The molecule has 1 aromatic rings. The molecular weight excluding hydrogens is 331 g/mol. The minimum absolute atomic E-state index is 0.218. The van der Waals surface area contributed by atoms with Crippen LogP contribution in [-0.4, -0.2) is 53.5 Å².